The van der Waals surface area contributed by atoms with E-state index in [-0.39, 0.29) is 0 Å². The summed E-state index contributed by atoms with van der Waals surface area (Å²) in [4.78, 5) is 5.46. The van der Waals surface area contributed by atoms with E-state index in [1.54, 1.807) is 11.3 Å². The highest BCUT2D eigenvalue weighted by atomic mass is 32.1. The van der Waals surface area contributed by atoms with Crippen LogP contribution < -0.4 is 5.32 Å². The van der Waals surface area contributed by atoms with Crippen molar-refractivity contribution < 1.29 is 0 Å². The van der Waals surface area contributed by atoms with Crippen molar-refractivity contribution >= 4 is 11.3 Å². The van der Waals surface area contributed by atoms with Crippen LogP contribution in [0.1, 0.15) is 27.6 Å². The number of nitrogens with one attached hydrogen (secondary N) is 1. The van der Waals surface area contributed by atoms with Gasteiger partial charge in [0.25, 0.3) is 0 Å². The monoisotopic (exact) mass is 246 g/mol. The van der Waals surface area contributed by atoms with Crippen molar-refractivity contribution in [1.29, 1.82) is 0 Å². The standard InChI is InChI=1S/C14H18N2S/c1-10-4-5-11(2)13(6-10)14(15-3)7-12-8-16-9-17-12/h4-6,8-9,14-15H,7H2,1-3H3. The molecule has 0 radical (unpaired) electrons. The van der Waals surface area contributed by atoms with Gasteiger partial charge in [-0.1, -0.05) is 23.8 Å². The maximum absolute atomic E-state index is 4.13. The van der Waals surface area contributed by atoms with Crippen LogP contribution in [0.15, 0.2) is 29.9 Å². The second kappa shape index (κ2) is 5.43. The Labute approximate surface area is 107 Å². The fourth-order valence-corrected chi connectivity index (χ4v) is 2.69. The normalized spacial score (nSPS) is 12.6. The summed E-state index contributed by atoms with van der Waals surface area (Å²) in [7, 11) is 2.02. The van der Waals surface area contributed by atoms with Gasteiger partial charge >= 0.3 is 0 Å². The lowest BCUT2D eigenvalue weighted by Gasteiger charge is -2.18. The second-order valence-electron chi connectivity index (χ2n) is 4.37. The molecule has 90 valence electrons. The lowest BCUT2D eigenvalue weighted by molar-refractivity contribution is 0.592. The summed E-state index contributed by atoms with van der Waals surface area (Å²) in [5.74, 6) is 0. The van der Waals surface area contributed by atoms with Gasteiger partial charge in [0.2, 0.25) is 0 Å². The van der Waals surface area contributed by atoms with Gasteiger partial charge in [-0.3, -0.25) is 4.98 Å². The molecule has 1 atom stereocenters. The Hall–Kier alpha value is -1.19. The third-order valence-electron chi connectivity index (χ3n) is 3.05. The van der Waals surface area contributed by atoms with Crippen LogP contribution in [-0.4, -0.2) is 12.0 Å². The lowest BCUT2D eigenvalue weighted by atomic mass is 9.96. The highest BCUT2D eigenvalue weighted by molar-refractivity contribution is 7.09. The third-order valence-corrected chi connectivity index (χ3v) is 3.85. The SMILES string of the molecule is CNC(Cc1cncs1)c1cc(C)ccc1C. The number of hydrogen-bond acceptors (Lipinski definition) is 3. The van der Waals surface area contributed by atoms with Gasteiger partial charge < -0.3 is 5.32 Å². The van der Waals surface area contributed by atoms with Gasteiger partial charge in [-0.05, 0) is 32.0 Å². The molecule has 0 amide bonds. The highest BCUT2D eigenvalue weighted by Gasteiger charge is 2.13. The van der Waals surface area contributed by atoms with Gasteiger partial charge in [0.05, 0.1) is 5.51 Å². The topological polar surface area (TPSA) is 24.9 Å². The van der Waals surface area contributed by atoms with Crippen molar-refractivity contribution in [2.24, 2.45) is 0 Å². The Morgan fingerprint density at radius 1 is 1.35 bits per heavy atom. The van der Waals surface area contributed by atoms with E-state index in [2.05, 4.69) is 42.3 Å². The first-order valence-electron chi connectivity index (χ1n) is 5.82. The van der Waals surface area contributed by atoms with E-state index in [1.165, 1.54) is 21.6 Å². The molecule has 0 saturated heterocycles. The molecular formula is C14H18N2S. The number of rotatable bonds is 4. The van der Waals surface area contributed by atoms with Crippen LogP contribution in [0.3, 0.4) is 0 Å². The summed E-state index contributed by atoms with van der Waals surface area (Å²) >= 11 is 1.72. The number of nitrogens with zero attached hydrogens (tertiary/aromatic N) is 1. The Balaban J connectivity index is 2.25. The van der Waals surface area contributed by atoms with Crippen molar-refractivity contribution in [2.75, 3.05) is 7.05 Å². The summed E-state index contributed by atoms with van der Waals surface area (Å²) < 4.78 is 0. The van der Waals surface area contributed by atoms with E-state index >= 15 is 0 Å². The molecule has 1 heterocycles. The summed E-state index contributed by atoms with van der Waals surface area (Å²) in [6, 6.07) is 7.01. The van der Waals surface area contributed by atoms with Crippen LogP contribution in [0, 0.1) is 13.8 Å². The second-order valence-corrected chi connectivity index (χ2v) is 5.34. The summed E-state index contributed by atoms with van der Waals surface area (Å²) in [6.45, 7) is 4.31. The number of aromatic nitrogens is 1. The van der Waals surface area contributed by atoms with E-state index < -0.39 is 0 Å². The van der Waals surface area contributed by atoms with E-state index in [9.17, 15) is 0 Å². The zero-order valence-electron chi connectivity index (χ0n) is 10.5. The predicted molar refractivity (Wildman–Crippen MR) is 73.5 cm³/mol. The average Bonchev–Trinajstić information content (AvgIpc) is 2.82. The first-order valence-corrected chi connectivity index (χ1v) is 6.70. The molecule has 1 unspecified atom stereocenters. The molecular weight excluding hydrogens is 228 g/mol. The Morgan fingerprint density at radius 3 is 2.82 bits per heavy atom. The molecule has 1 N–H and O–H groups in total. The number of aryl methyl sites for hydroxylation is 2. The fourth-order valence-electron chi connectivity index (χ4n) is 2.05. The largest absolute Gasteiger partial charge is 0.313 e. The van der Waals surface area contributed by atoms with Gasteiger partial charge in [-0.2, -0.15) is 0 Å². The van der Waals surface area contributed by atoms with Crippen LogP contribution in [0.2, 0.25) is 0 Å². The molecule has 0 aliphatic rings. The minimum Gasteiger partial charge on any atom is -0.313 e. The van der Waals surface area contributed by atoms with Gasteiger partial charge in [0, 0.05) is 23.5 Å². The highest BCUT2D eigenvalue weighted by Crippen LogP contribution is 2.23. The number of thiazole rings is 1. The van der Waals surface area contributed by atoms with Gasteiger partial charge in [0.1, 0.15) is 0 Å². The van der Waals surface area contributed by atoms with Gasteiger partial charge in [-0.25, -0.2) is 0 Å². The first-order chi connectivity index (χ1) is 8.20. The summed E-state index contributed by atoms with van der Waals surface area (Å²) in [5.41, 5.74) is 5.95. The Morgan fingerprint density at radius 2 is 2.18 bits per heavy atom. The zero-order chi connectivity index (χ0) is 12.3. The molecule has 2 nitrogen and oxygen atoms in total. The lowest BCUT2D eigenvalue weighted by Crippen LogP contribution is -2.19. The molecule has 2 aromatic rings. The molecule has 3 heteroatoms. The molecule has 0 spiro atoms. The number of likely N-dealkylation sites (N-methyl/N-ethyl adjacent to an activating group) is 1. The zero-order valence-corrected chi connectivity index (χ0v) is 11.3. The third kappa shape index (κ3) is 2.93. The van der Waals surface area contributed by atoms with Crippen LogP contribution in [0.5, 0.6) is 0 Å². The Kier molecular flexibility index (Phi) is 3.92. The van der Waals surface area contributed by atoms with Gasteiger partial charge in [-0.15, -0.1) is 11.3 Å². The van der Waals surface area contributed by atoms with Crippen LogP contribution >= 0.6 is 11.3 Å². The number of benzene rings is 1. The van der Waals surface area contributed by atoms with E-state index in [1.807, 2.05) is 18.8 Å². The minimum atomic E-state index is 0.371. The number of hydrogen-bond donors (Lipinski definition) is 1. The fraction of sp³-hybridized carbons (Fsp3) is 0.357. The van der Waals surface area contributed by atoms with E-state index in [4.69, 9.17) is 0 Å². The molecule has 1 aromatic heterocycles. The van der Waals surface area contributed by atoms with E-state index in [0.717, 1.165) is 6.42 Å². The molecule has 2 rings (SSSR count). The van der Waals surface area contributed by atoms with Crippen molar-refractivity contribution in [3.8, 4) is 0 Å². The predicted octanol–water partition coefficient (Wildman–Crippen LogP) is 3.26. The molecule has 0 aliphatic heterocycles. The minimum absolute atomic E-state index is 0.371. The van der Waals surface area contributed by atoms with Crippen LogP contribution in [0.4, 0.5) is 0 Å². The molecule has 0 fully saturated rings. The summed E-state index contributed by atoms with van der Waals surface area (Å²) in [5, 5.41) is 3.40. The smallest absolute Gasteiger partial charge is 0.0794 e. The van der Waals surface area contributed by atoms with Crippen molar-refractivity contribution in [2.45, 2.75) is 26.3 Å². The molecule has 0 aliphatic carbocycles. The van der Waals surface area contributed by atoms with Crippen LogP contribution in [-0.2, 0) is 6.42 Å². The Bertz CT molecular complexity index is 477. The van der Waals surface area contributed by atoms with Crippen molar-refractivity contribution in [3.05, 3.63) is 51.5 Å². The molecule has 0 saturated carbocycles. The average molecular weight is 246 g/mol. The molecule has 0 bridgehead atoms. The van der Waals surface area contributed by atoms with Gasteiger partial charge in [0.15, 0.2) is 0 Å². The summed E-state index contributed by atoms with van der Waals surface area (Å²) in [6.07, 6.45) is 2.96. The van der Waals surface area contributed by atoms with Crippen molar-refractivity contribution in [1.82, 2.24) is 10.3 Å². The quantitative estimate of drug-likeness (QED) is 0.895. The maximum atomic E-state index is 4.13. The van der Waals surface area contributed by atoms with E-state index in [0.29, 0.717) is 6.04 Å². The maximum Gasteiger partial charge on any atom is 0.0794 e. The van der Waals surface area contributed by atoms with Crippen molar-refractivity contribution in [3.63, 3.8) is 0 Å². The molecule has 1 aromatic carbocycles. The van der Waals surface area contributed by atoms with Crippen LogP contribution in [0.25, 0.3) is 0 Å². The first kappa shape index (κ1) is 12.3. The molecule has 17 heavy (non-hydrogen) atoms.